The standard InChI is InChI=1S/C33H45ClN4O3/c1-5-41-30-22-27(40-4)13-14-28(30)32-35-29(15-8-23(2)3)31(24-9-11-25(34)12-10-24)38(32)33(39)37-20-16-26(17-21-37)36-18-6-7-19-36/h9-14,22-23,26,29,31H,5-8,15-21H2,1-4H3/t29-,31+/m1/s1. The van der Waals surface area contributed by atoms with Crippen LogP contribution in [0.15, 0.2) is 47.5 Å². The lowest BCUT2D eigenvalue weighted by Crippen LogP contribution is -2.52. The van der Waals surface area contributed by atoms with Crippen LogP contribution in [-0.4, -0.2) is 78.5 Å². The van der Waals surface area contributed by atoms with E-state index < -0.39 is 0 Å². The molecule has 7 nitrogen and oxygen atoms in total. The zero-order valence-corrected chi connectivity index (χ0v) is 25.8. The summed E-state index contributed by atoms with van der Waals surface area (Å²) in [7, 11) is 1.65. The van der Waals surface area contributed by atoms with Crippen LogP contribution in [0.3, 0.4) is 0 Å². The summed E-state index contributed by atoms with van der Waals surface area (Å²) >= 11 is 6.30. The molecule has 2 atom stereocenters. The number of carbonyl (C=O) groups is 1. The Morgan fingerprint density at radius 1 is 1.05 bits per heavy atom. The van der Waals surface area contributed by atoms with E-state index in [1.54, 1.807) is 7.11 Å². The van der Waals surface area contributed by atoms with Crippen molar-refractivity contribution in [3.63, 3.8) is 0 Å². The molecule has 2 aromatic rings. The van der Waals surface area contributed by atoms with Gasteiger partial charge in [0, 0.05) is 30.2 Å². The Kier molecular flexibility index (Phi) is 9.76. The minimum absolute atomic E-state index is 0.0221. The Morgan fingerprint density at radius 3 is 2.39 bits per heavy atom. The Bertz CT molecular complexity index is 1200. The molecule has 3 aliphatic rings. The second-order valence-electron chi connectivity index (χ2n) is 11.9. The maximum atomic E-state index is 14.6. The van der Waals surface area contributed by atoms with Crippen molar-refractivity contribution < 1.29 is 14.3 Å². The van der Waals surface area contributed by atoms with Crippen molar-refractivity contribution in [1.29, 1.82) is 0 Å². The van der Waals surface area contributed by atoms with Gasteiger partial charge in [0.15, 0.2) is 0 Å². The normalized spacial score (nSPS) is 22.0. The monoisotopic (exact) mass is 580 g/mol. The number of rotatable bonds is 9. The van der Waals surface area contributed by atoms with Crippen molar-refractivity contribution in [3.8, 4) is 11.5 Å². The summed E-state index contributed by atoms with van der Waals surface area (Å²) in [5.74, 6) is 2.60. The van der Waals surface area contributed by atoms with Crippen LogP contribution in [0.2, 0.25) is 5.02 Å². The maximum absolute atomic E-state index is 14.6. The molecule has 222 valence electrons. The number of hydrogen-bond acceptors (Lipinski definition) is 5. The van der Waals surface area contributed by atoms with Gasteiger partial charge in [-0.15, -0.1) is 0 Å². The Labute approximate surface area is 250 Å². The van der Waals surface area contributed by atoms with Crippen LogP contribution < -0.4 is 9.47 Å². The van der Waals surface area contributed by atoms with Gasteiger partial charge in [-0.25, -0.2) is 4.79 Å². The van der Waals surface area contributed by atoms with Crippen LogP contribution in [0.4, 0.5) is 4.79 Å². The molecule has 2 saturated heterocycles. The number of hydrogen-bond donors (Lipinski definition) is 0. The lowest BCUT2D eigenvalue weighted by molar-refractivity contribution is 0.117. The van der Waals surface area contributed by atoms with Crippen LogP contribution in [0.5, 0.6) is 11.5 Å². The van der Waals surface area contributed by atoms with E-state index >= 15 is 0 Å². The second kappa shape index (κ2) is 13.5. The fourth-order valence-electron chi connectivity index (χ4n) is 6.53. The number of carbonyl (C=O) groups excluding carboxylic acids is 1. The highest BCUT2D eigenvalue weighted by molar-refractivity contribution is 6.30. The summed E-state index contributed by atoms with van der Waals surface area (Å²) in [6, 6.07) is 14.0. The molecule has 0 saturated carbocycles. The second-order valence-corrected chi connectivity index (χ2v) is 12.3. The Balaban J connectivity index is 1.52. The number of ether oxygens (including phenoxy) is 2. The lowest BCUT2D eigenvalue weighted by Gasteiger charge is -2.40. The average molecular weight is 581 g/mol. The number of halogens is 1. The molecule has 0 spiro atoms. The van der Waals surface area contributed by atoms with Gasteiger partial charge < -0.3 is 19.3 Å². The van der Waals surface area contributed by atoms with E-state index in [-0.39, 0.29) is 18.1 Å². The summed E-state index contributed by atoms with van der Waals surface area (Å²) in [6.07, 6.45) is 6.52. The van der Waals surface area contributed by atoms with Gasteiger partial charge in [0.25, 0.3) is 0 Å². The molecule has 0 radical (unpaired) electrons. The first kappa shape index (κ1) is 29.7. The van der Waals surface area contributed by atoms with Crippen LogP contribution >= 0.6 is 11.6 Å². The van der Waals surface area contributed by atoms with Crippen LogP contribution in [0.25, 0.3) is 0 Å². The number of aliphatic imine (C=N–C) groups is 1. The molecule has 2 aromatic carbocycles. The predicted molar refractivity (Wildman–Crippen MR) is 165 cm³/mol. The predicted octanol–water partition coefficient (Wildman–Crippen LogP) is 7.04. The maximum Gasteiger partial charge on any atom is 0.326 e. The van der Waals surface area contributed by atoms with E-state index in [0.29, 0.717) is 40.9 Å². The third-order valence-electron chi connectivity index (χ3n) is 8.74. The molecule has 0 unspecified atom stereocenters. The van der Waals surface area contributed by atoms with E-state index in [1.807, 2.05) is 59.2 Å². The van der Waals surface area contributed by atoms with E-state index in [0.717, 1.165) is 49.9 Å². The van der Waals surface area contributed by atoms with Crippen LogP contribution in [0.1, 0.15) is 76.5 Å². The zero-order valence-electron chi connectivity index (χ0n) is 25.0. The SMILES string of the molecule is CCOc1cc(OC)ccc1C1=N[C@H](CCC(C)C)[C@H](c2ccc(Cl)cc2)N1C(=O)N1CCC(N2CCCC2)CC1. The van der Waals surface area contributed by atoms with Crippen molar-refractivity contribution in [2.45, 2.75) is 77.4 Å². The summed E-state index contributed by atoms with van der Waals surface area (Å²) in [6.45, 7) is 10.8. The van der Waals surface area contributed by atoms with Gasteiger partial charge in [-0.3, -0.25) is 9.89 Å². The molecule has 2 amide bonds. The van der Waals surface area contributed by atoms with Crippen LogP contribution in [-0.2, 0) is 0 Å². The average Bonchev–Trinajstić information content (AvgIpc) is 3.65. The van der Waals surface area contributed by atoms with E-state index in [1.165, 1.54) is 25.9 Å². The summed E-state index contributed by atoms with van der Waals surface area (Å²) in [4.78, 5) is 26.5. The van der Waals surface area contributed by atoms with Crippen molar-refractivity contribution >= 4 is 23.5 Å². The zero-order chi connectivity index (χ0) is 28.9. The number of nitrogens with zero attached hydrogens (tertiary/aromatic N) is 4. The minimum atomic E-state index is -0.221. The number of amides is 2. The first-order chi connectivity index (χ1) is 19.9. The molecule has 5 rings (SSSR count). The fourth-order valence-corrected chi connectivity index (χ4v) is 6.66. The topological polar surface area (TPSA) is 57.6 Å². The van der Waals surface area contributed by atoms with Crippen molar-refractivity contribution in [2.75, 3.05) is 39.9 Å². The number of benzene rings is 2. The largest absolute Gasteiger partial charge is 0.497 e. The molecule has 3 aliphatic heterocycles. The number of methoxy groups -OCH3 is 1. The molecule has 3 heterocycles. The van der Waals surface area contributed by atoms with Crippen molar-refractivity contribution in [3.05, 3.63) is 58.6 Å². The highest BCUT2D eigenvalue weighted by Crippen LogP contribution is 2.41. The first-order valence-electron chi connectivity index (χ1n) is 15.4. The highest BCUT2D eigenvalue weighted by atomic mass is 35.5. The molecule has 41 heavy (non-hydrogen) atoms. The van der Waals surface area contributed by atoms with Gasteiger partial charge in [-0.2, -0.15) is 0 Å². The Hall–Kier alpha value is -2.77. The summed E-state index contributed by atoms with van der Waals surface area (Å²) in [5.41, 5.74) is 1.87. The molecular formula is C33H45ClN4O3. The highest BCUT2D eigenvalue weighted by Gasteiger charge is 2.44. The van der Waals surface area contributed by atoms with Gasteiger partial charge in [0.2, 0.25) is 0 Å². The van der Waals surface area contributed by atoms with E-state index in [4.69, 9.17) is 26.1 Å². The molecule has 0 aliphatic carbocycles. The van der Waals surface area contributed by atoms with Gasteiger partial charge in [-0.1, -0.05) is 37.6 Å². The molecule has 0 N–H and O–H groups in total. The molecule has 0 aromatic heterocycles. The quantitative estimate of drug-likeness (QED) is 0.319. The third-order valence-corrected chi connectivity index (χ3v) is 8.99. The van der Waals surface area contributed by atoms with Gasteiger partial charge >= 0.3 is 6.03 Å². The molecule has 0 bridgehead atoms. The lowest BCUT2D eigenvalue weighted by atomic mass is 9.93. The fraction of sp³-hybridized carbons (Fsp3) is 0.576. The Morgan fingerprint density at radius 2 is 1.76 bits per heavy atom. The molecule has 2 fully saturated rings. The van der Waals surface area contributed by atoms with Gasteiger partial charge in [0.05, 0.1) is 31.4 Å². The van der Waals surface area contributed by atoms with Crippen LogP contribution in [0, 0.1) is 5.92 Å². The van der Waals surface area contributed by atoms with E-state index in [2.05, 4.69) is 18.7 Å². The molecular weight excluding hydrogens is 536 g/mol. The van der Waals surface area contributed by atoms with Crippen molar-refractivity contribution in [2.24, 2.45) is 10.9 Å². The van der Waals surface area contributed by atoms with E-state index in [9.17, 15) is 4.79 Å². The minimum Gasteiger partial charge on any atom is -0.497 e. The summed E-state index contributed by atoms with van der Waals surface area (Å²) in [5, 5.41) is 0.683. The number of likely N-dealkylation sites (tertiary alicyclic amines) is 2. The number of urea groups is 1. The number of amidine groups is 1. The summed E-state index contributed by atoms with van der Waals surface area (Å²) < 4.78 is 11.6. The van der Waals surface area contributed by atoms with Crippen molar-refractivity contribution in [1.82, 2.24) is 14.7 Å². The third kappa shape index (κ3) is 6.67. The molecule has 8 heteroatoms. The van der Waals surface area contributed by atoms with Gasteiger partial charge in [0.1, 0.15) is 17.3 Å². The first-order valence-corrected chi connectivity index (χ1v) is 15.7. The smallest absolute Gasteiger partial charge is 0.326 e. The van der Waals surface area contributed by atoms with Gasteiger partial charge in [-0.05, 0) is 94.3 Å². The number of piperidine rings is 1.